The van der Waals surface area contributed by atoms with Gasteiger partial charge < -0.3 is 15.0 Å². The van der Waals surface area contributed by atoms with Crippen LogP contribution in [0.2, 0.25) is 0 Å². The second-order valence-electron chi connectivity index (χ2n) is 9.87. The van der Waals surface area contributed by atoms with Gasteiger partial charge in [0.2, 0.25) is 0 Å². The first-order valence-corrected chi connectivity index (χ1v) is 13.3. The van der Waals surface area contributed by atoms with Crippen LogP contribution >= 0.6 is 11.3 Å². The van der Waals surface area contributed by atoms with Crippen LogP contribution in [-0.2, 0) is 11.2 Å². The lowest BCUT2D eigenvalue weighted by Gasteiger charge is -2.33. The van der Waals surface area contributed by atoms with Gasteiger partial charge in [-0.25, -0.2) is 9.78 Å². The van der Waals surface area contributed by atoms with Crippen molar-refractivity contribution in [2.24, 2.45) is 11.8 Å². The van der Waals surface area contributed by atoms with E-state index in [0.717, 1.165) is 36.1 Å². The van der Waals surface area contributed by atoms with Gasteiger partial charge >= 0.3 is 5.97 Å². The molecule has 7 heteroatoms. The Morgan fingerprint density at radius 1 is 1.24 bits per heavy atom. The standard InChI is InChI=1S/C27H35N3O3S/c1-4-18-8-5-6-10-23(18)30-24-12-11-19(26(31)29-22(27(32)33)14-17(2)3)15-21(24)28-25(30)16-20-9-7-13-34-20/h7,9,11-13,15,17-18,22-23H,4-6,8,10,14,16H2,1-3H3,(H,29,31)(H,32,33)/t18?,22-,23?/m0/s1. The van der Waals surface area contributed by atoms with E-state index in [1.165, 1.54) is 24.1 Å². The Kier molecular flexibility index (Phi) is 7.71. The maximum atomic E-state index is 12.9. The van der Waals surface area contributed by atoms with Gasteiger partial charge in [0, 0.05) is 22.9 Å². The molecule has 2 heterocycles. The summed E-state index contributed by atoms with van der Waals surface area (Å²) in [6.07, 6.45) is 7.22. The largest absolute Gasteiger partial charge is 0.480 e. The Hall–Kier alpha value is -2.67. The van der Waals surface area contributed by atoms with Crippen molar-refractivity contribution >= 4 is 34.2 Å². The molecule has 0 bridgehead atoms. The molecule has 2 N–H and O–H groups in total. The molecular weight excluding hydrogens is 446 g/mol. The van der Waals surface area contributed by atoms with Gasteiger partial charge in [-0.2, -0.15) is 0 Å². The molecule has 0 aliphatic heterocycles. The third-order valence-corrected chi connectivity index (χ3v) is 7.85. The lowest BCUT2D eigenvalue weighted by atomic mass is 9.82. The molecule has 0 radical (unpaired) electrons. The Labute approximate surface area is 205 Å². The monoisotopic (exact) mass is 481 g/mol. The first-order valence-electron chi connectivity index (χ1n) is 12.4. The van der Waals surface area contributed by atoms with Crippen LogP contribution in [0.25, 0.3) is 11.0 Å². The fourth-order valence-corrected chi connectivity index (χ4v) is 5.99. The van der Waals surface area contributed by atoms with Crippen LogP contribution < -0.4 is 5.32 Å². The first kappa shape index (κ1) is 24.5. The molecule has 1 saturated carbocycles. The number of nitrogens with one attached hydrogen (secondary N) is 1. The summed E-state index contributed by atoms with van der Waals surface area (Å²) < 4.78 is 2.43. The summed E-state index contributed by atoms with van der Waals surface area (Å²) in [6, 6.07) is 9.35. The lowest BCUT2D eigenvalue weighted by molar-refractivity contribution is -0.139. The molecule has 2 aromatic heterocycles. The van der Waals surface area contributed by atoms with Gasteiger partial charge in [0.25, 0.3) is 5.91 Å². The molecule has 182 valence electrons. The minimum absolute atomic E-state index is 0.168. The molecule has 3 aromatic rings. The van der Waals surface area contributed by atoms with E-state index in [2.05, 4.69) is 34.3 Å². The number of hydrogen-bond acceptors (Lipinski definition) is 4. The molecule has 0 saturated heterocycles. The van der Waals surface area contributed by atoms with Crippen LogP contribution in [0.1, 0.15) is 86.4 Å². The molecule has 3 atom stereocenters. The van der Waals surface area contributed by atoms with Crippen molar-refractivity contribution in [3.8, 4) is 0 Å². The predicted octanol–water partition coefficient (Wildman–Crippen LogP) is 6.06. The Morgan fingerprint density at radius 2 is 2.03 bits per heavy atom. The average molecular weight is 482 g/mol. The maximum Gasteiger partial charge on any atom is 0.326 e. The zero-order chi connectivity index (χ0) is 24.2. The fourth-order valence-electron chi connectivity index (χ4n) is 5.29. The summed E-state index contributed by atoms with van der Waals surface area (Å²) >= 11 is 1.74. The van der Waals surface area contributed by atoms with Crippen molar-refractivity contribution in [3.05, 3.63) is 52.0 Å². The van der Waals surface area contributed by atoms with Crippen LogP contribution in [0, 0.1) is 11.8 Å². The molecule has 34 heavy (non-hydrogen) atoms. The molecule has 1 aliphatic rings. The number of carboxylic acids is 1. The quantitative estimate of drug-likeness (QED) is 0.389. The number of hydrogen-bond donors (Lipinski definition) is 2. The summed E-state index contributed by atoms with van der Waals surface area (Å²) in [4.78, 5) is 30.8. The number of aliphatic carboxylic acids is 1. The van der Waals surface area contributed by atoms with E-state index < -0.39 is 12.0 Å². The Morgan fingerprint density at radius 3 is 2.71 bits per heavy atom. The van der Waals surface area contributed by atoms with E-state index >= 15 is 0 Å². The summed E-state index contributed by atoms with van der Waals surface area (Å²) in [5.74, 6) is 0.468. The topological polar surface area (TPSA) is 84.2 Å². The second kappa shape index (κ2) is 10.7. The van der Waals surface area contributed by atoms with Gasteiger partial charge in [0.05, 0.1) is 11.0 Å². The van der Waals surface area contributed by atoms with Crippen molar-refractivity contribution in [2.45, 2.75) is 77.8 Å². The summed E-state index contributed by atoms with van der Waals surface area (Å²) in [6.45, 7) is 6.18. The van der Waals surface area contributed by atoms with Crippen LogP contribution in [0.4, 0.5) is 0 Å². The number of imidazole rings is 1. The van der Waals surface area contributed by atoms with Gasteiger partial charge in [-0.1, -0.05) is 46.1 Å². The molecule has 1 aromatic carbocycles. The molecule has 1 amide bonds. The van der Waals surface area contributed by atoms with Crippen LogP contribution in [0.3, 0.4) is 0 Å². The van der Waals surface area contributed by atoms with E-state index in [1.54, 1.807) is 11.3 Å². The minimum atomic E-state index is -1.01. The van der Waals surface area contributed by atoms with Gasteiger partial charge in [0.1, 0.15) is 11.9 Å². The first-order chi connectivity index (χ1) is 16.4. The smallest absolute Gasteiger partial charge is 0.326 e. The lowest BCUT2D eigenvalue weighted by Crippen LogP contribution is -2.41. The molecular formula is C27H35N3O3S. The van der Waals surface area contributed by atoms with Crippen LogP contribution in [-0.4, -0.2) is 32.6 Å². The number of nitrogens with zero attached hydrogens (tertiary/aromatic N) is 2. The van der Waals surface area contributed by atoms with Gasteiger partial charge in [-0.05, 0) is 60.7 Å². The number of carboxylic acid groups (broad SMARTS) is 1. The molecule has 6 nitrogen and oxygen atoms in total. The summed E-state index contributed by atoms with van der Waals surface area (Å²) in [5.41, 5.74) is 2.31. The van der Waals surface area contributed by atoms with Crippen molar-refractivity contribution in [1.82, 2.24) is 14.9 Å². The van der Waals surface area contributed by atoms with E-state index in [9.17, 15) is 14.7 Å². The molecule has 1 fully saturated rings. The molecule has 0 spiro atoms. The molecule has 4 rings (SSSR count). The van der Waals surface area contributed by atoms with E-state index in [4.69, 9.17) is 4.98 Å². The number of carbonyl (C=O) groups is 2. The highest BCUT2D eigenvalue weighted by atomic mass is 32.1. The summed E-state index contributed by atoms with van der Waals surface area (Å²) in [5, 5.41) is 14.3. The highest BCUT2D eigenvalue weighted by Gasteiger charge is 2.29. The predicted molar refractivity (Wildman–Crippen MR) is 136 cm³/mol. The van der Waals surface area contributed by atoms with Crippen molar-refractivity contribution in [3.63, 3.8) is 0 Å². The minimum Gasteiger partial charge on any atom is -0.480 e. The van der Waals surface area contributed by atoms with Gasteiger partial charge in [-0.15, -0.1) is 11.3 Å². The third kappa shape index (κ3) is 5.35. The number of thiophene rings is 1. The van der Waals surface area contributed by atoms with Crippen molar-refractivity contribution in [2.75, 3.05) is 0 Å². The normalized spacial score (nSPS) is 19.4. The van der Waals surface area contributed by atoms with Crippen molar-refractivity contribution < 1.29 is 14.7 Å². The highest BCUT2D eigenvalue weighted by molar-refractivity contribution is 7.09. The SMILES string of the molecule is CCC1CCCCC1n1c(Cc2cccs2)nc2cc(C(=O)N[C@@H](CC(C)C)C(=O)O)ccc21. The molecule has 1 aliphatic carbocycles. The maximum absolute atomic E-state index is 12.9. The van der Waals surface area contributed by atoms with E-state index in [0.29, 0.717) is 23.9 Å². The third-order valence-electron chi connectivity index (χ3n) is 6.97. The number of aromatic nitrogens is 2. The zero-order valence-corrected chi connectivity index (χ0v) is 21.1. The number of amides is 1. The van der Waals surface area contributed by atoms with Crippen molar-refractivity contribution in [1.29, 1.82) is 0 Å². The fraction of sp³-hybridized carbons (Fsp3) is 0.519. The summed E-state index contributed by atoms with van der Waals surface area (Å²) in [7, 11) is 0. The molecule has 2 unspecified atom stereocenters. The number of fused-ring (bicyclic) bond motifs is 1. The zero-order valence-electron chi connectivity index (χ0n) is 20.3. The van der Waals surface area contributed by atoms with Crippen LogP contribution in [0.15, 0.2) is 35.7 Å². The second-order valence-corrected chi connectivity index (χ2v) is 10.9. The van der Waals surface area contributed by atoms with Crippen LogP contribution in [0.5, 0.6) is 0 Å². The van der Waals surface area contributed by atoms with E-state index in [1.807, 2.05) is 32.0 Å². The number of benzene rings is 1. The highest BCUT2D eigenvalue weighted by Crippen LogP contribution is 2.39. The van der Waals surface area contributed by atoms with Gasteiger partial charge in [-0.3, -0.25) is 4.79 Å². The number of rotatable bonds is 9. The Bertz CT molecular complexity index is 1140. The Balaban J connectivity index is 1.70. The van der Waals surface area contributed by atoms with E-state index in [-0.39, 0.29) is 11.8 Å². The van der Waals surface area contributed by atoms with Gasteiger partial charge in [0.15, 0.2) is 0 Å². The number of carbonyl (C=O) groups excluding carboxylic acids is 1. The average Bonchev–Trinajstić information content (AvgIpc) is 3.45.